The Hall–Kier alpha value is -1.35. The highest BCUT2D eigenvalue weighted by Gasteiger charge is 2.22. The predicted octanol–water partition coefficient (Wildman–Crippen LogP) is 4.37. The van der Waals surface area contributed by atoms with Crippen molar-refractivity contribution in [2.24, 2.45) is 0 Å². The SMILES string of the molecule is Fc1ccc2c(c1)N(CC(CBr)c1ccccc1)CC2. The molecule has 0 saturated carbocycles. The molecule has 1 heterocycles. The van der Waals surface area contributed by atoms with Crippen LogP contribution in [0.25, 0.3) is 0 Å². The number of nitrogens with zero attached hydrogens (tertiary/aromatic N) is 1. The van der Waals surface area contributed by atoms with E-state index in [-0.39, 0.29) is 5.82 Å². The van der Waals surface area contributed by atoms with Crippen LogP contribution in [0.1, 0.15) is 17.0 Å². The molecule has 0 fully saturated rings. The minimum absolute atomic E-state index is 0.147. The van der Waals surface area contributed by atoms with Crippen LogP contribution in [0.15, 0.2) is 48.5 Å². The van der Waals surface area contributed by atoms with Crippen molar-refractivity contribution in [1.82, 2.24) is 0 Å². The lowest BCUT2D eigenvalue weighted by molar-refractivity contribution is 0.626. The van der Waals surface area contributed by atoms with Gasteiger partial charge in [0.2, 0.25) is 0 Å². The lowest BCUT2D eigenvalue weighted by atomic mass is 10.0. The van der Waals surface area contributed by atoms with E-state index in [1.807, 2.05) is 12.1 Å². The largest absolute Gasteiger partial charge is 0.370 e. The van der Waals surface area contributed by atoms with Gasteiger partial charge in [-0.25, -0.2) is 4.39 Å². The van der Waals surface area contributed by atoms with Gasteiger partial charge < -0.3 is 4.90 Å². The summed E-state index contributed by atoms with van der Waals surface area (Å²) in [7, 11) is 0. The number of fused-ring (bicyclic) bond motifs is 1. The summed E-state index contributed by atoms with van der Waals surface area (Å²) in [5.41, 5.74) is 3.65. The summed E-state index contributed by atoms with van der Waals surface area (Å²) in [6, 6.07) is 15.6. The fraction of sp³-hybridized carbons (Fsp3) is 0.294. The third-order valence-electron chi connectivity index (χ3n) is 3.94. The predicted molar refractivity (Wildman–Crippen MR) is 85.3 cm³/mol. The maximum atomic E-state index is 13.4. The van der Waals surface area contributed by atoms with Crippen molar-refractivity contribution in [1.29, 1.82) is 0 Å². The Morgan fingerprint density at radius 1 is 1.15 bits per heavy atom. The minimum Gasteiger partial charge on any atom is -0.370 e. The molecule has 2 aromatic carbocycles. The van der Waals surface area contributed by atoms with Crippen molar-refractivity contribution >= 4 is 21.6 Å². The Morgan fingerprint density at radius 2 is 1.95 bits per heavy atom. The zero-order chi connectivity index (χ0) is 13.9. The fourth-order valence-corrected chi connectivity index (χ4v) is 3.42. The zero-order valence-electron chi connectivity index (χ0n) is 11.2. The number of rotatable bonds is 4. The van der Waals surface area contributed by atoms with Gasteiger partial charge in [0.15, 0.2) is 0 Å². The molecular formula is C17H17BrFN. The average Bonchev–Trinajstić information content (AvgIpc) is 2.88. The van der Waals surface area contributed by atoms with Crippen LogP contribution in [-0.4, -0.2) is 18.4 Å². The van der Waals surface area contributed by atoms with Crippen molar-refractivity contribution in [3.63, 3.8) is 0 Å². The van der Waals surface area contributed by atoms with E-state index < -0.39 is 0 Å². The number of hydrogen-bond donors (Lipinski definition) is 0. The Balaban J connectivity index is 1.81. The summed E-state index contributed by atoms with van der Waals surface area (Å²) < 4.78 is 13.4. The van der Waals surface area contributed by atoms with Crippen LogP contribution < -0.4 is 4.90 Å². The molecule has 1 atom stereocenters. The van der Waals surface area contributed by atoms with Crippen molar-refractivity contribution in [3.05, 3.63) is 65.5 Å². The number of anilines is 1. The normalized spacial score (nSPS) is 15.2. The van der Waals surface area contributed by atoms with Crippen LogP contribution in [0.2, 0.25) is 0 Å². The molecule has 1 aliphatic heterocycles. The molecule has 20 heavy (non-hydrogen) atoms. The molecule has 1 aliphatic rings. The van der Waals surface area contributed by atoms with Crippen molar-refractivity contribution < 1.29 is 4.39 Å². The van der Waals surface area contributed by atoms with Gasteiger partial charge >= 0.3 is 0 Å². The quantitative estimate of drug-likeness (QED) is 0.751. The highest BCUT2D eigenvalue weighted by molar-refractivity contribution is 9.09. The molecule has 0 bridgehead atoms. The monoisotopic (exact) mass is 333 g/mol. The van der Waals surface area contributed by atoms with E-state index in [4.69, 9.17) is 0 Å². The summed E-state index contributed by atoms with van der Waals surface area (Å²) in [6.45, 7) is 1.90. The first-order valence-corrected chi connectivity index (χ1v) is 8.04. The molecule has 1 unspecified atom stereocenters. The van der Waals surface area contributed by atoms with Gasteiger partial charge in [0, 0.05) is 30.0 Å². The van der Waals surface area contributed by atoms with Crippen molar-refractivity contribution in [3.8, 4) is 0 Å². The number of benzene rings is 2. The zero-order valence-corrected chi connectivity index (χ0v) is 12.8. The molecule has 0 aromatic heterocycles. The Labute approximate surface area is 127 Å². The molecule has 0 spiro atoms. The fourth-order valence-electron chi connectivity index (χ4n) is 2.84. The summed E-state index contributed by atoms with van der Waals surface area (Å²) in [6.07, 6.45) is 1.01. The molecule has 2 aromatic rings. The third-order valence-corrected chi connectivity index (χ3v) is 4.72. The molecule has 0 saturated heterocycles. The van der Waals surface area contributed by atoms with Gasteiger partial charge in [0.05, 0.1) is 0 Å². The van der Waals surface area contributed by atoms with Crippen molar-refractivity contribution in [2.75, 3.05) is 23.3 Å². The first-order chi connectivity index (χ1) is 9.78. The lowest BCUT2D eigenvalue weighted by Gasteiger charge is -2.25. The van der Waals surface area contributed by atoms with Gasteiger partial charge in [-0.15, -0.1) is 0 Å². The van der Waals surface area contributed by atoms with Crippen LogP contribution in [-0.2, 0) is 6.42 Å². The van der Waals surface area contributed by atoms with Crippen LogP contribution in [0.3, 0.4) is 0 Å². The highest BCUT2D eigenvalue weighted by atomic mass is 79.9. The van der Waals surface area contributed by atoms with Gasteiger partial charge in [-0.3, -0.25) is 0 Å². The lowest BCUT2D eigenvalue weighted by Crippen LogP contribution is -2.27. The second-order valence-electron chi connectivity index (χ2n) is 5.23. The van der Waals surface area contributed by atoms with Crippen LogP contribution in [0.5, 0.6) is 0 Å². The molecule has 0 radical (unpaired) electrons. The van der Waals surface area contributed by atoms with Crippen LogP contribution >= 0.6 is 15.9 Å². The topological polar surface area (TPSA) is 3.24 Å². The second kappa shape index (κ2) is 5.96. The number of halogens is 2. The number of hydrogen-bond acceptors (Lipinski definition) is 1. The van der Waals surface area contributed by atoms with Gasteiger partial charge in [-0.2, -0.15) is 0 Å². The second-order valence-corrected chi connectivity index (χ2v) is 5.88. The van der Waals surface area contributed by atoms with E-state index in [0.717, 1.165) is 30.5 Å². The Bertz CT molecular complexity index is 585. The van der Waals surface area contributed by atoms with Gasteiger partial charge in [-0.1, -0.05) is 52.3 Å². The smallest absolute Gasteiger partial charge is 0.125 e. The molecule has 104 valence electrons. The molecule has 0 amide bonds. The van der Waals surface area contributed by atoms with Crippen LogP contribution in [0, 0.1) is 5.82 Å². The average molecular weight is 334 g/mol. The van der Waals surface area contributed by atoms with E-state index in [9.17, 15) is 4.39 Å². The molecule has 1 nitrogen and oxygen atoms in total. The minimum atomic E-state index is -0.147. The standard InChI is InChI=1S/C17H17BrFN/c18-11-15(13-4-2-1-3-5-13)12-20-9-8-14-6-7-16(19)10-17(14)20/h1-7,10,15H,8-9,11-12H2. The summed E-state index contributed by atoms with van der Waals surface area (Å²) in [4.78, 5) is 2.30. The van der Waals surface area contributed by atoms with Crippen molar-refractivity contribution in [2.45, 2.75) is 12.3 Å². The van der Waals surface area contributed by atoms with Gasteiger partial charge in [-0.05, 0) is 29.7 Å². The first kappa shape index (κ1) is 13.6. The maximum Gasteiger partial charge on any atom is 0.125 e. The van der Waals surface area contributed by atoms with E-state index in [1.165, 1.54) is 11.1 Å². The summed E-state index contributed by atoms with van der Waals surface area (Å²) in [5, 5.41) is 0.915. The highest BCUT2D eigenvalue weighted by Crippen LogP contribution is 2.31. The van der Waals surface area contributed by atoms with E-state index in [1.54, 1.807) is 12.1 Å². The van der Waals surface area contributed by atoms with Gasteiger partial charge in [0.1, 0.15) is 5.82 Å². The molecular weight excluding hydrogens is 317 g/mol. The number of alkyl halides is 1. The van der Waals surface area contributed by atoms with Gasteiger partial charge in [0.25, 0.3) is 0 Å². The molecule has 0 aliphatic carbocycles. The Morgan fingerprint density at radius 3 is 2.70 bits per heavy atom. The summed E-state index contributed by atoms with van der Waals surface area (Å²) >= 11 is 3.61. The Kier molecular flexibility index (Phi) is 4.06. The molecule has 3 heteroatoms. The van der Waals surface area contributed by atoms with E-state index >= 15 is 0 Å². The van der Waals surface area contributed by atoms with E-state index in [0.29, 0.717) is 5.92 Å². The maximum absolute atomic E-state index is 13.4. The molecule has 0 N–H and O–H groups in total. The van der Waals surface area contributed by atoms with Crippen LogP contribution in [0.4, 0.5) is 10.1 Å². The molecule has 3 rings (SSSR count). The summed E-state index contributed by atoms with van der Waals surface area (Å²) in [5.74, 6) is 0.274. The first-order valence-electron chi connectivity index (χ1n) is 6.92. The van der Waals surface area contributed by atoms with E-state index in [2.05, 4.69) is 45.1 Å². The third kappa shape index (κ3) is 2.73.